The monoisotopic (exact) mass is 412 g/mol. The topological polar surface area (TPSA) is 119 Å². The van der Waals surface area contributed by atoms with Gasteiger partial charge in [-0.15, -0.1) is 15.3 Å². The second-order valence-electron chi connectivity index (χ2n) is 6.45. The Morgan fingerprint density at radius 3 is 2.80 bits per heavy atom. The average molecular weight is 412 g/mol. The third-order valence-electron chi connectivity index (χ3n) is 4.40. The fraction of sp³-hybridized carbons (Fsp3) is 0.316. The number of rotatable bonds is 8. The Morgan fingerprint density at radius 1 is 1.20 bits per heavy atom. The summed E-state index contributed by atoms with van der Waals surface area (Å²) in [5.41, 5.74) is 1.27. The number of ether oxygens (including phenoxy) is 3. The minimum absolute atomic E-state index is 0.0159. The van der Waals surface area contributed by atoms with Gasteiger partial charge in [0.25, 0.3) is 11.4 Å². The third-order valence-corrected chi connectivity index (χ3v) is 4.40. The number of pyridine rings is 1. The van der Waals surface area contributed by atoms with Gasteiger partial charge in [-0.1, -0.05) is 5.16 Å². The molecule has 0 atom stereocenters. The van der Waals surface area contributed by atoms with E-state index in [1.807, 2.05) is 0 Å². The van der Waals surface area contributed by atoms with Crippen LogP contribution in [0.2, 0.25) is 0 Å². The van der Waals surface area contributed by atoms with Crippen molar-refractivity contribution in [3.05, 3.63) is 52.1 Å². The molecule has 0 aromatic carbocycles. The maximum atomic E-state index is 12.6. The van der Waals surface area contributed by atoms with Crippen molar-refractivity contribution >= 4 is 5.65 Å². The van der Waals surface area contributed by atoms with Crippen LogP contribution in [0, 0.1) is 6.92 Å². The highest BCUT2D eigenvalue weighted by atomic mass is 16.5. The smallest absolute Gasteiger partial charge is 0.275 e. The van der Waals surface area contributed by atoms with Crippen LogP contribution in [0.5, 0.6) is 11.6 Å². The van der Waals surface area contributed by atoms with Crippen molar-refractivity contribution in [2.24, 2.45) is 0 Å². The van der Waals surface area contributed by atoms with Crippen LogP contribution >= 0.6 is 0 Å². The first kappa shape index (κ1) is 19.6. The molecule has 4 rings (SSSR count). The number of nitrogens with zero attached hydrogens (tertiary/aromatic N) is 6. The van der Waals surface area contributed by atoms with E-state index < -0.39 is 0 Å². The van der Waals surface area contributed by atoms with E-state index in [1.165, 1.54) is 11.6 Å². The predicted molar refractivity (Wildman–Crippen MR) is 104 cm³/mol. The van der Waals surface area contributed by atoms with Crippen molar-refractivity contribution < 1.29 is 18.7 Å². The highest BCUT2D eigenvalue weighted by molar-refractivity contribution is 5.56. The summed E-state index contributed by atoms with van der Waals surface area (Å²) >= 11 is 0. The van der Waals surface area contributed by atoms with Gasteiger partial charge in [0.2, 0.25) is 5.82 Å². The van der Waals surface area contributed by atoms with Crippen molar-refractivity contribution in [2.75, 3.05) is 20.8 Å². The Kier molecular flexibility index (Phi) is 5.44. The molecule has 0 saturated carbocycles. The van der Waals surface area contributed by atoms with E-state index in [2.05, 4.69) is 20.5 Å². The van der Waals surface area contributed by atoms with Gasteiger partial charge in [0.15, 0.2) is 17.1 Å². The third kappa shape index (κ3) is 3.74. The molecular formula is C19H20N6O5. The van der Waals surface area contributed by atoms with Crippen LogP contribution < -0.4 is 15.0 Å². The van der Waals surface area contributed by atoms with Crippen molar-refractivity contribution in [3.8, 4) is 23.1 Å². The Bertz CT molecular complexity index is 1230. The Hall–Kier alpha value is -3.73. The number of aromatic nitrogens is 6. The number of aryl methyl sites for hydroxylation is 1. The molecule has 0 aliphatic heterocycles. The van der Waals surface area contributed by atoms with E-state index in [9.17, 15) is 4.79 Å². The minimum atomic E-state index is -0.155. The molecule has 4 aromatic rings. The van der Waals surface area contributed by atoms with Gasteiger partial charge in [-0.05, 0) is 19.1 Å². The summed E-state index contributed by atoms with van der Waals surface area (Å²) in [6.07, 6.45) is 1.71. The van der Waals surface area contributed by atoms with Crippen LogP contribution in [0.4, 0.5) is 0 Å². The molecule has 0 spiro atoms. The largest absolute Gasteiger partial charge is 0.491 e. The fourth-order valence-electron chi connectivity index (χ4n) is 2.89. The first-order chi connectivity index (χ1) is 14.6. The molecule has 156 valence electrons. The Labute approximate surface area is 170 Å². The Morgan fingerprint density at radius 2 is 2.07 bits per heavy atom. The molecular weight excluding hydrogens is 392 g/mol. The normalized spacial score (nSPS) is 11.2. The predicted octanol–water partition coefficient (Wildman–Crippen LogP) is 1.48. The van der Waals surface area contributed by atoms with Crippen LogP contribution in [0.25, 0.3) is 17.2 Å². The molecule has 0 unspecified atom stereocenters. The van der Waals surface area contributed by atoms with Gasteiger partial charge in [0, 0.05) is 32.0 Å². The number of hydrogen-bond acceptors (Lipinski definition) is 9. The van der Waals surface area contributed by atoms with Crippen molar-refractivity contribution in [1.82, 2.24) is 29.5 Å². The molecule has 0 aliphatic rings. The zero-order valence-electron chi connectivity index (χ0n) is 16.7. The lowest BCUT2D eigenvalue weighted by molar-refractivity contribution is 0.185. The molecule has 4 aromatic heterocycles. The van der Waals surface area contributed by atoms with Crippen LogP contribution in [0.3, 0.4) is 0 Å². The molecule has 11 nitrogen and oxygen atoms in total. The van der Waals surface area contributed by atoms with Gasteiger partial charge < -0.3 is 23.3 Å². The van der Waals surface area contributed by atoms with Gasteiger partial charge in [-0.3, -0.25) is 4.79 Å². The first-order valence-electron chi connectivity index (χ1n) is 9.15. The van der Waals surface area contributed by atoms with Gasteiger partial charge >= 0.3 is 0 Å². The Balaban J connectivity index is 1.65. The SMILES string of the molecule is COCCn1cccc(COc2nn3c(-c4cc(C)on4)nnc3cc2OC)c1=O. The van der Waals surface area contributed by atoms with Crippen LogP contribution in [0.15, 0.2) is 39.8 Å². The summed E-state index contributed by atoms with van der Waals surface area (Å²) in [4.78, 5) is 12.6. The van der Waals surface area contributed by atoms with E-state index in [1.54, 1.807) is 49.1 Å². The van der Waals surface area contributed by atoms with Gasteiger partial charge in [0.1, 0.15) is 12.4 Å². The van der Waals surface area contributed by atoms with Crippen molar-refractivity contribution in [2.45, 2.75) is 20.1 Å². The molecule has 11 heteroatoms. The van der Waals surface area contributed by atoms with Gasteiger partial charge in [-0.25, -0.2) is 0 Å². The van der Waals surface area contributed by atoms with Crippen molar-refractivity contribution in [1.29, 1.82) is 0 Å². The van der Waals surface area contributed by atoms with E-state index in [-0.39, 0.29) is 18.0 Å². The molecule has 0 bridgehead atoms. The minimum Gasteiger partial charge on any atom is -0.491 e. The summed E-state index contributed by atoms with van der Waals surface area (Å²) in [5.74, 6) is 1.60. The summed E-state index contributed by atoms with van der Waals surface area (Å²) in [5, 5.41) is 16.6. The van der Waals surface area contributed by atoms with Crippen LogP contribution in [0.1, 0.15) is 11.3 Å². The highest BCUT2D eigenvalue weighted by Crippen LogP contribution is 2.27. The molecule has 4 heterocycles. The molecule has 0 saturated heterocycles. The first-order valence-corrected chi connectivity index (χ1v) is 9.15. The lowest BCUT2D eigenvalue weighted by atomic mass is 10.3. The summed E-state index contributed by atoms with van der Waals surface area (Å²) in [7, 11) is 3.09. The standard InChI is InChI=1S/C19H20N6O5/c1-12-9-14(23-30-12)17-21-20-16-10-15(28-3)18(22-25(16)17)29-11-13-5-4-6-24(19(13)26)7-8-27-2/h4-6,9-10H,7-8,11H2,1-3H3. The zero-order chi connectivity index (χ0) is 21.1. The molecule has 0 aliphatic carbocycles. The maximum absolute atomic E-state index is 12.6. The summed E-state index contributed by atoms with van der Waals surface area (Å²) < 4.78 is 24.4. The highest BCUT2D eigenvalue weighted by Gasteiger charge is 2.18. The van der Waals surface area contributed by atoms with Gasteiger partial charge in [-0.2, -0.15) is 4.52 Å². The number of methoxy groups -OCH3 is 2. The number of hydrogen-bond donors (Lipinski definition) is 0. The second-order valence-corrected chi connectivity index (χ2v) is 6.45. The molecule has 0 fully saturated rings. The fourth-order valence-corrected chi connectivity index (χ4v) is 2.89. The second kappa shape index (κ2) is 8.33. The quantitative estimate of drug-likeness (QED) is 0.424. The summed E-state index contributed by atoms with van der Waals surface area (Å²) in [6.45, 7) is 2.69. The lowest BCUT2D eigenvalue weighted by Crippen LogP contribution is -2.25. The van der Waals surface area contributed by atoms with Crippen LogP contribution in [-0.4, -0.2) is 50.4 Å². The maximum Gasteiger partial charge on any atom is 0.275 e. The number of fused-ring (bicyclic) bond motifs is 1. The van der Waals surface area contributed by atoms with E-state index >= 15 is 0 Å². The molecule has 0 radical (unpaired) electrons. The van der Waals surface area contributed by atoms with Crippen LogP contribution in [-0.2, 0) is 17.9 Å². The molecule has 0 N–H and O–H groups in total. The molecule has 30 heavy (non-hydrogen) atoms. The zero-order valence-corrected chi connectivity index (χ0v) is 16.7. The van der Waals surface area contributed by atoms with E-state index in [0.29, 0.717) is 47.4 Å². The van der Waals surface area contributed by atoms with E-state index in [4.69, 9.17) is 18.7 Å². The van der Waals surface area contributed by atoms with E-state index in [0.717, 1.165) is 0 Å². The molecule has 0 amide bonds. The van der Waals surface area contributed by atoms with Gasteiger partial charge in [0.05, 0.1) is 19.3 Å². The van der Waals surface area contributed by atoms with Crippen molar-refractivity contribution in [3.63, 3.8) is 0 Å². The lowest BCUT2D eigenvalue weighted by Gasteiger charge is -2.11. The average Bonchev–Trinajstić information content (AvgIpc) is 3.36. The summed E-state index contributed by atoms with van der Waals surface area (Å²) in [6, 6.07) is 6.87.